The van der Waals surface area contributed by atoms with Gasteiger partial charge in [-0.1, -0.05) is 15.9 Å². The Balaban J connectivity index is 2.25. The Labute approximate surface area is 110 Å². The molecule has 0 aliphatic heterocycles. The summed E-state index contributed by atoms with van der Waals surface area (Å²) in [6, 6.07) is 6.48. The van der Waals surface area contributed by atoms with Crippen LogP contribution in [0, 0.1) is 13.8 Å². The largest absolute Gasteiger partial charge is 0.472 e. The first-order valence-electron chi connectivity index (χ1n) is 5.63. The molecule has 0 saturated carbocycles. The minimum atomic E-state index is 0.243. The number of hydrogen-bond acceptors (Lipinski definition) is 2. The lowest BCUT2D eigenvalue weighted by Crippen LogP contribution is -2.08. The molecule has 90 valence electrons. The van der Waals surface area contributed by atoms with Crippen molar-refractivity contribution in [3.05, 3.63) is 51.9 Å². The lowest BCUT2D eigenvalue weighted by atomic mass is 10.1. The summed E-state index contributed by atoms with van der Waals surface area (Å²) in [5, 5.41) is 3.53. The van der Waals surface area contributed by atoms with Crippen LogP contribution >= 0.6 is 15.9 Å². The van der Waals surface area contributed by atoms with Crippen LogP contribution in [0.25, 0.3) is 0 Å². The van der Waals surface area contributed by atoms with E-state index in [1.54, 1.807) is 12.5 Å². The fourth-order valence-corrected chi connectivity index (χ4v) is 2.65. The smallest absolute Gasteiger partial charge is 0.0955 e. The molecule has 2 aromatic rings. The fourth-order valence-electron chi connectivity index (χ4n) is 1.96. The van der Waals surface area contributed by atoms with E-state index in [0.717, 1.165) is 10.0 Å². The van der Waals surface area contributed by atoms with Gasteiger partial charge in [-0.15, -0.1) is 0 Å². The van der Waals surface area contributed by atoms with Gasteiger partial charge in [0.05, 0.1) is 18.6 Å². The minimum absolute atomic E-state index is 0.243. The summed E-state index contributed by atoms with van der Waals surface area (Å²) in [5.41, 5.74) is 4.84. The first-order valence-corrected chi connectivity index (χ1v) is 6.42. The van der Waals surface area contributed by atoms with Crippen LogP contribution in [-0.4, -0.2) is 0 Å². The number of anilines is 1. The van der Waals surface area contributed by atoms with Crippen molar-refractivity contribution in [1.29, 1.82) is 0 Å². The number of aryl methyl sites for hydroxylation is 2. The third-order valence-electron chi connectivity index (χ3n) is 2.90. The summed E-state index contributed by atoms with van der Waals surface area (Å²) in [7, 11) is 0. The zero-order valence-corrected chi connectivity index (χ0v) is 11.8. The Morgan fingerprint density at radius 3 is 2.41 bits per heavy atom. The van der Waals surface area contributed by atoms with E-state index in [1.807, 2.05) is 6.07 Å². The number of nitrogens with one attached hydrogen (secondary N) is 1. The van der Waals surface area contributed by atoms with Gasteiger partial charge >= 0.3 is 0 Å². The van der Waals surface area contributed by atoms with Crippen molar-refractivity contribution in [2.45, 2.75) is 26.8 Å². The molecule has 0 amide bonds. The highest BCUT2D eigenvalue weighted by molar-refractivity contribution is 9.10. The Morgan fingerprint density at radius 1 is 1.24 bits per heavy atom. The molecule has 1 unspecified atom stereocenters. The Bertz CT molecular complexity index is 482. The van der Waals surface area contributed by atoms with E-state index in [1.165, 1.54) is 16.8 Å². The van der Waals surface area contributed by atoms with Gasteiger partial charge in [0.25, 0.3) is 0 Å². The summed E-state index contributed by atoms with van der Waals surface area (Å²) < 4.78 is 6.22. The van der Waals surface area contributed by atoms with Gasteiger partial charge in [0.1, 0.15) is 0 Å². The van der Waals surface area contributed by atoms with Crippen LogP contribution in [0.1, 0.15) is 29.7 Å². The Hall–Kier alpha value is -1.22. The highest BCUT2D eigenvalue weighted by atomic mass is 79.9. The molecule has 0 saturated heterocycles. The molecule has 0 fully saturated rings. The predicted molar refractivity (Wildman–Crippen MR) is 74.4 cm³/mol. The highest BCUT2D eigenvalue weighted by Crippen LogP contribution is 2.28. The molecule has 1 aromatic carbocycles. The monoisotopic (exact) mass is 293 g/mol. The molecule has 2 rings (SSSR count). The summed E-state index contributed by atoms with van der Waals surface area (Å²) >= 11 is 3.51. The average molecular weight is 294 g/mol. The van der Waals surface area contributed by atoms with E-state index in [2.05, 4.69) is 54.2 Å². The van der Waals surface area contributed by atoms with Crippen LogP contribution in [0.4, 0.5) is 5.69 Å². The third-order valence-corrected chi connectivity index (χ3v) is 3.36. The summed E-state index contributed by atoms with van der Waals surface area (Å²) in [6.07, 6.45) is 3.48. The number of hydrogen-bond donors (Lipinski definition) is 1. The average Bonchev–Trinajstić information content (AvgIpc) is 2.76. The lowest BCUT2D eigenvalue weighted by Gasteiger charge is -2.18. The van der Waals surface area contributed by atoms with E-state index < -0.39 is 0 Å². The second-order valence-corrected chi connectivity index (χ2v) is 5.25. The van der Waals surface area contributed by atoms with Gasteiger partial charge < -0.3 is 9.73 Å². The van der Waals surface area contributed by atoms with Crippen molar-refractivity contribution in [2.75, 3.05) is 5.32 Å². The van der Waals surface area contributed by atoms with Crippen LogP contribution in [0.5, 0.6) is 0 Å². The summed E-state index contributed by atoms with van der Waals surface area (Å²) in [4.78, 5) is 0. The molecule has 0 spiro atoms. The standard InChI is InChI=1S/C14H16BrNO/c1-9-6-13(15)7-10(2)14(9)16-11(3)12-4-5-17-8-12/h4-8,11,16H,1-3H3. The quantitative estimate of drug-likeness (QED) is 0.877. The van der Waals surface area contributed by atoms with Crippen LogP contribution in [0.15, 0.2) is 39.6 Å². The molecule has 1 N–H and O–H groups in total. The third kappa shape index (κ3) is 2.72. The molecule has 1 atom stereocenters. The van der Waals surface area contributed by atoms with Crippen LogP contribution in [-0.2, 0) is 0 Å². The molecule has 17 heavy (non-hydrogen) atoms. The van der Waals surface area contributed by atoms with Crippen molar-refractivity contribution >= 4 is 21.6 Å². The van der Waals surface area contributed by atoms with Gasteiger partial charge in [0.15, 0.2) is 0 Å². The lowest BCUT2D eigenvalue weighted by molar-refractivity contribution is 0.562. The van der Waals surface area contributed by atoms with Crippen molar-refractivity contribution in [2.24, 2.45) is 0 Å². The van der Waals surface area contributed by atoms with E-state index in [-0.39, 0.29) is 6.04 Å². The first-order chi connectivity index (χ1) is 8.08. The second kappa shape index (κ2) is 4.96. The SMILES string of the molecule is Cc1cc(Br)cc(C)c1NC(C)c1ccoc1. The molecule has 0 aliphatic rings. The van der Waals surface area contributed by atoms with Crippen molar-refractivity contribution in [3.63, 3.8) is 0 Å². The Kier molecular flexibility index (Phi) is 3.57. The van der Waals surface area contributed by atoms with Crippen molar-refractivity contribution in [1.82, 2.24) is 0 Å². The molecule has 0 radical (unpaired) electrons. The molecular formula is C14H16BrNO. The van der Waals surface area contributed by atoms with E-state index >= 15 is 0 Å². The van der Waals surface area contributed by atoms with Gasteiger partial charge in [0, 0.05) is 15.7 Å². The van der Waals surface area contributed by atoms with Crippen molar-refractivity contribution in [3.8, 4) is 0 Å². The molecule has 0 bridgehead atoms. The van der Waals surface area contributed by atoms with E-state index in [4.69, 9.17) is 4.42 Å². The maximum absolute atomic E-state index is 5.11. The number of benzene rings is 1. The van der Waals surface area contributed by atoms with Gasteiger partial charge in [-0.2, -0.15) is 0 Å². The molecular weight excluding hydrogens is 278 g/mol. The second-order valence-electron chi connectivity index (χ2n) is 4.34. The van der Waals surface area contributed by atoms with Gasteiger partial charge in [0.2, 0.25) is 0 Å². The normalized spacial score (nSPS) is 12.5. The van der Waals surface area contributed by atoms with E-state index in [9.17, 15) is 0 Å². The number of halogens is 1. The number of furan rings is 1. The maximum atomic E-state index is 5.11. The summed E-state index contributed by atoms with van der Waals surface area (Å²) in [6.45, 7) is 6.36. The van der Waals surface area contributed by atoms with Gasteiger partial charge in [-0.05, 0) is 50.1 Å². The van der Waals surface area contributed by atoms with Crippen molar-refractivity contribution < 1.29 is 4.42 Å². The van der Waals surface area contributed by atoms with Crippen LogP contribution in [0.2, 0.25) is 0 Å². The zero-order chi connectivity index (χ0) is 12.4. The first kappa shape index (κ1) is 12.2. The topological polar surface area (TPSA) is 25.2 Å². The highest BCUT2D eigenvalue weighted by Gasteiger charge is 2.10. The zero-order valence-electron chi connectivity index (χ0n) is 10.3. The fraction of sp³-hybridized carbons (Fsp3) is 0.286. The molecule has 1 aromatic heterocycles. The minimum Gasteiger partial charge on any atom is -0.472 e. The predicted octanol–water partition coefficient (Wildman–Crippen LogP) is 4.83. The van der Waals surface area contributed by atoms with Crippen LogP contribution < -0.4 is 5.32 Å². The maximum Gasteiger partial charge on any atom is 0.0955 e. The van der Waals surface area contributed by atoms with E-state index in [0.29, 0.717) is 0 Å². The summed E-state index contributed by atoms with van der Waals surface area (Å²) in [5.74, 6) is 0. The molecule has 1 heterocycles. The van der Waals surface area contributed by atoms with Crippen LogP contribution in [0.3, 0.4) is 0 Å². The molecule has 2 nitrogen and oxygen atoms in total. The number of rotatable bonds is 3. The molecule has 0 aliphatic carbocycles. The molecule has 3 heteroatoms. The van der Waals surface area contributed by atoms with Gasteiger partial charge in [-0.3, -0.25) is 0 Å². The Morgan fingerprint density at radius 2 is 1.88 bits per heavy atom. The van der Waals surface area contributed by atoms with Gasteiger partial charge in [-0.25, -0.2) is 0 Å².